The van der Waals surface area contributed by atoms with Gasteiger partial charge in [0, 0.05) is 6.92 Å². The molecule has 1 aromatic rings. The van der Waals surface area contributed by atoms with E-state index in [1.807, 2.05) is 12.1 Å². The average molecular weight is 218 g/mol. The lowest BCUT2D eigenvalue weighted by Gasteiger charge is -2.05. The van der Waals surface area contributed by atoms with Crippen molar-refractivity contribution in [3.8, 4) is 0 Å². The molecule has 16 heavy (non-hydrogen) atoms. The number of hydrogen-bond acceptors (Lipinski definition) is 2. The normalized spacial score (nSPS) is 12.6. The van der Waals surface area contributed by atoms with Gasteiger partial charge >= 0.3 is 5.97 Å². The van der Waals surface area contributed by atoms with Gasteiger partial charge in [-0.2, -0.15) is 0 Å². The van der Waals surface area contributed by atoms with Crippen molar-refractivity contribution in [1.29, 1.82) is 0 Å². The molecule has 0 saturated carbocycles. The standard InChI is InChI=1S/C14H18O2/c1-12(10-11-16-13(2)15)8-9-14-6-4-3-5-7-14/h3-7,10-12H,8-9H2,1-2H3/b11-10+. The van der Waals surface area contributed by atoms with Crippen LogP contribution in [-0.4, -0.2) is 5.97 Å². The van der Waals surface area contributed by atoms with Crippen LogP contribution < -0.4 is 0 Å². The van der Waals surface area contributed by atoms with Crippen LogP contribution >= 0.6 is 0 Å². The smallest absolute Gasteiger partial charge is 0.307 e. The molecule has 0 aliphatic heterocycles. The van der Waals surface area contributed by atoms with E-state index in [2.05, 4.69) is 31.2 Å². The van der Waals surface area contributed by atoms with Gasteiger partial charge < -0.3 is 4.74 Å². The Kier molecular flexibility index (Phi) is 5.34. The zero-order valence-electron chi connectivity index (χ0n) is 9.85. The minimum atomic E-state index is -0.272. The molecule has 0 saturated heterocycles. The molecule has 0 aliphatic rings. The van der Waals surface area contributed by atoms with Crippen molar-refractivity contribution in [2.75, 3.05) is 0 Å². The highest BCUT2D eigenvalue weighted by Gasteiger charge is 1.98. The van der Waals surface area contributed by atoms with Crippen LogP contribution in [0.15, 0.2) is 42.7 Å². The summed E-state index contributed by atoms with van der Waals surface area (Å²) in [6, 6.07) is 10.4. The summed E-state index contributed by atoms with van der Waals surface area (Å²) in [5.41, 5.74) is 1.34. The van der Waals surface area contributed by atoms with Crippen LogP contribution in [0.1, 0.15) is 25.8 Å². The van der Waals surface area contributed by atoms with Gasteiger partial charge in [0.1, 0.15) is 0 Å². The van der Waals surface area contributed by atoms with E-state index >= 15 is 0 Å². The number of benzene rings is 1. The first-order valence-corrected chi connectivity index (χ1v) is 5.56. The average Bonchev–Trinajstić information content (AvgIpc) is 2.27. The minimum absolute atomic E-state index is 0.272. The van der Waals surface area contributed by atoms with E-state index in [1.165, 1.54) is 18.7 Å². The van der Waals surface area contributed by atoms with E-state index in [9.17, 15) is 4.79 Å². The van der Waals surface area contributed by atoms with Gasteiger partial charge in [0.25, 0.3) is 0 Å². The number of hydrogen-bond donors (Lipinski definition) is 0. The molecule has 0 aliphatic carbocycles. The topological polar surface area (TPSA) is 26.3 Å². The van der Waals surface area contributed by atoms with Crippen molar-refractivity contribution >= 4 is 5.97 Å². The van der Waals surface area contributed by atoms with Gasteiger partial charge in [-0.05, 0) is 30.4 Å². The van der Waals surface area contributed by atoms with Gasteiger partial charge in [-0.1, -0.05) is 37.3 Å². The molecule has 0 aromatic heterocycles. The molecule has 2 nitrogen and oxygen atoms in total. The summed E-state index contributed by atoms with van der Waals surface area (Å²) >= 11 is 0. The van der Waals surface area contributed by atoms with Gasteiger partial charge in [0.15, 0.2) is 0 Å². The number of carbonyl (C=O) groups is 1. The van der Waals surface area contributed by atoms with Crippen LogP contribution in [0.4, 0.5) is 0 Å². The van der Waals surface area contributed by atoms with Crippen LogP contribution in [0.3, 0.4) is 0 Å². The molecule has 1 aromatic carbocycles. The van der Waals surface area contributed by atoms with Gasteiger partial charge in [-0.3, -0.25) is 4.79 Å². The van der Waals surface area contributed by atoms with Gasteiger partial charge in [0.2, 0.25) is 0 Å². The fraction of sp³-hybridized carbons (Fsp3) is 0.357. The van der Waals surface area contributed by atoms with Crippen LogP contribution in [0.2, 0.25) is 0 Å². The number of aryl methyl sites for hydroxylation is 1. The number of ether oxygens (including phenoxy) is 1. The molecule has 2 heteroatoms. The third-order valence-electron chi connectivity index (χ3n) is 2.37. The van der Waals surface area contributed by atoms with Crippen molar-refractivity contribution in [1.82, 2.24) is 0 Å². The zero-order valence-corrected chi connectivity index (χ0v) is 9.85. The van der Waals surface area contributed by atoms with E-state index in [0.29, 0.717) is 5.92 Å². The zero-order chi connectivity index (χ0) is 11.8. The Balaban J connectivity index is 2.27. The Labute approximate surface area is 96.9 Å². The Morgan fingerprint density at radius 3 is 2.69 bits per heavy atom. The maximum atomic E-state index is 10.5. The SMILES string of the molecule is CC(=O)O/C=C/C(C)CCc1ccccc1. The number of allylic oxidation sites excluding steroid dienone is 1. The maximum Gasteiger partial charge on any atom is 0.307 e. The summed E-state index contributed by atoms with van der Waals surface area (Å²) in [5.74, 6) is 0.145. The fourth-order valence-electron chi connectivity index (χ4n) is 1.40. The molecular formula is C14H18O2. The van der Waals surface area contributed by atoms with Crippen LogP contribution in [0.25, 0.3) is 0 Å². The second kappa shape index (κ2) is 6.83. The van der Waals surface area contributed by atoms with Gasteiger partial charge in [-0.25, -0.2) is 0 Å². The van der Waals surface area contributed by atoms with Crippen molar-refractivity contribution in [2.45, 2.75) is 26.7 Å². The summed E-state index contributed by atoms with van der Waals surface area (Å²) in [5, 5.41) is 0. The summed E-state index contributed by atoms with van der Waals surface area (Å²) in [6.45, 7) is 3.52. The van der Waals surface area contributed by atoms with Crippen molar-refractivity contribution < 1.29 is 9.53 Å². The second-order valence-corrected chi connectivity index (χ2v) is 3.94. The molecule has 0 amide bonds. The Morgan fingerprint density at radius 2 is 2.06 bits per heavy atom. The highest BCUT2D eigenvalue weighted by atomic mass is 16.5. The lowest BCUT2D eigenvalue weighted by molar-refractivity contribution is -0.135. The summed E-state index contributed by atoms with van der Waals surface area (Å²) in [6.07, 6.45) is 5.51. The third kappa shape index (κ3) is 5.35. The molecule has 0 bridgehead atoms. The molecule has 0 radical (unpaired) electrons. The molecule has 0 heterocycles. The quantitative estimate of drug-likeness (QED) is 0.559. The Bertz CT molecular complexity index is 341. The van der Waals surface area contributed by atoms with E-state index < -0.39 is 0 Å². The molecule has 1 unspecified atom stereocenters. The number of esters is 1. The van der Waals surface area contributed by atoms with E-state index in [0.717, 1.165) is 12.8 Å². The van der Waals surface area contributed by atoms with Gasteiger partial charge in [-0.15, -0.1) is 0 Å². The van der Waals surface area contributed by atoms with E-state index in [1.54, 1.807) is 0 Å². The molecule has 86 valence electrons. The molecule has 1 rings (SSSR count). The summed E-state index contributed by atoms with van der Waals surface area (Å²) < 4.78 is 4.75. The molecule has 0 spiro atoms. The molecule has 1 atom stereocenters. The molecule has 0 fully saturated rings. The van der Waals surface area contributed by atoms with Crippen molar-refractivity contribution in [2.24, 2.45) is 5.92 Å². The van der Waals surface area contributed by atoms with Crippen LogP contribution in [0.5, 0.6) is 0 Å². The van der Waals surface area contributed by atoms with Crippen LogP contribution in [-0.2, 0) is 16.0 Å². The molecule has 0 N–H and O–H groups in total. The molecular weight excluding hydrogens is 200 g/mol. The van der Waals surface area contributed by atoms with E-state index in [4.69, 9.17) is 4.74 Å². The second-order valence-electron chi connectivity index (χ2n) is 3.94. The highest BCUT2D eigenvalue weighted by Crippen LogP contribution is 2.10. The number of carbonyl (C=O) groups excluding carboxylic acids is 1. The predicted octanol–water partition coefficient (Wildman–Crippen LogP) is 3.33. The van der Waals surface area contributed by atoms with Gasteiger partial charge in [0.05, 0.1) is 6.26 Å². The largest absolute Gasteiger partial charge is 0.435 e. The summed E-state index contributed by atoms with van der Waals surface area (Å²) in [7, 11) is 0. The Hall–Kier alpha value is -1.57. The van der Waals surface area contributed by atoms with E-state index in [-0.39, 0.29) is 5.97 Å². The first-order chi connectivity index (χ1) is 7.68. The maximum absolute atomic E-state index is 10.5. The lowest BCUT2D eigenvalue weighted by atomic mass is 10.0. The first kappa shape index (κ1) is 12.5. The first-order valence-electron chi connectivity index (χ1n) is 5.56. The Morgan fingerprint density at radius 1 is 1.38 bits per heavy atom. The monoisotopic (exact) mass is 218 g/mol. The van der Waals surface area contributed by atoms with Crippen molar-refractivity contribution in [3.63, 3.8) is 0 Å². The minimum Gasteiger partial charge on any atom is -0.435 e. The number of rotatable bonds is 5. The fourth-order valence-corrected chi connectivity index (χ4v) is 1.40. The third-order valence-corrected chi connectivity index (χ3v) is 2.37. The predicted molar refractivity (Wildman–Crippen MR) is 64.8 cm³/mol. The lowest BCUT2D eigenvalue weighted by Crippen LogP contribution is -1.95. The highest BCUT2D eigenvalue weighted by molar-refractivity contribution is 5.66. The summed E-state index contributed by atoms with van der Waals surface area (Å²) in [4.78, 5) is 10.5. The van der Waals surface area contributed by atoms with Crippen LogP contribution in [0, 0.1) is 5.92 Å². The van der Waals surface area contributed by atoms with Crippen molar-refractivity contribution in [3.05, 3.63) is 48.2 Å².